The van der Waals surface area contributed by atoms with Crippen LogP contribution in [0.1, 0.15) is 18.7 Å². The average Bonchev–Trinajstić information content (AvgIpc) is 2.65. The zero-order chi connectivity index (χ0) is 12.6. The van der Waals surface area contributed by atoms with E-state index in [0.29, 0.717) is 17.9 Å². The lowest BCUT2D eigenvalue weighted by Crippen LogP contribution is -2.02. The summed E-state index contributed by atoms with van der Waals surface area (Å²) in [5.74, 6) is -2.58. The molecule has 1 heterocycles. The van der Waals surface area contributed by atoms with E-state index in [9.17, 15) is 13.2 Å². The smallest absolute Gasteiger partial charge is 0.140 e. The van der Waals surface area contributed by atoms with Crippen LogP contribution in [0.4, 0.5) is 13.2 Å². The summed E-state index contributed by atoms with van der Waals surface area (Å²) in [6, 6.07) is 3.76. The number of nitrogens with two attached hydrogens (primary N) is 1. The van der Waals surface area contributed by atoms with E-state index in [1.165, 1.54) is 12.1 Å². The van der Waals surface area contributed by atoms with Crippen LogP contribution in [0.2, 0.25) is 0 Å². The first-order valence-corrected chi connectivity index (χ1v) is 4.99. The van der Waals surface area contributed by atoms with Gasteiger partial charge in [0.15, 0.2) is 0 Å². The Morgan fingerprint density at radius 3 is 2.18 bits per heavy atom. The van der Waals surface area contributed by atoms with Crippen molar-refractivity contribution in [1.82, 2.24) is 0 Å². The van der Waals surface area contributed by atoms with Crippen molar-refractivity contribution >= 4 is 0 Å². The Hall–Kier alpha value is -1.75. The predicted molar refractivity (Wildman–Crippen MR) is 56.6 cm³/mol. The van der Waals surface area contributed by atoms with Crippen molar-refractivity contribution in [1.29, 1.82) is 0 Å². The third-order valence-electron chi connectivity index (χ3n) is 2.33. The number of hydrogen-bond donors (Lipinski definition) is 1. The first kappa shape index (κ1) is 11.7. The van der Waals surface area contributed by atoms with Gasteiger partial charge < -0.3 is 10.2 Å². The molecule has 1 unspecified atom stereocenters. The minimum atomic E-state index is -1.01. The van der Waals surface area contributed by atoms with Gasteiger partial charge in [-0.1, -0.05) is 0 Å². The molecule has 2 nitrogen and oxygen atoms in total. The lowest BCUT2D eigenvalue weighted by molar-refractivity contribution is 0.480. The van der Waals surface area contributed by atoms with Crippen LogP contribution in [0, 0.1) is 17.5 Å². The van der Waals surface area contributed by atoms with Gasteiger partial charge in [-0.2, -0.15) is 0 Å². The van der Waals surface area contributed by atoms with E-state index in [4.69, 9.17) is 10.2 Å². The lowest BCUT2D eigenvalue weighted by Gasteiger charge is -2.03. The highest BCUT2D eigenvalue weighted by Crippen LogP contribution is 2.29. The Morgan fingerprint density at radius 1 is 1.12 bits per heavy atom. The summed E-state index contributed by atoms with van der Waals surface area (Å²) < 4.78 is 44.8. The van der Waals surface area contributed by atoms with Gasteiger partial charge in [0.2, 0.25) is 0 Å². The molecule has 1 aromatic heterocycles. The van der Waals surface area contributed by atoms with Crippen LogP contribution < -0.4 is 5.73 Å². The minimum Gasteiger partial charge on any atom is -0.459 e. The Balaban J connectivity index is 2.52. The Morgan fingerprint density at radius 2 is 1.71 bits per heavy atom. The molecule has 0 fully saturated rings. The molecule has 0 amide bonds. The number of halogens is 3. The first-order chi connectivity index (χ1) is 7.99. The first-order valence-electron chi connectivity index (χ1n) is 4.99. The van der Waals surface area contributed by atoms with Gasteiger partial charge in [0.05, 0.1) is 11.6 Å². The van der Waals surface area contributed by atoms with E-state index >= 15 is 0 Å². The highest BCUT2D eigenvalue weighted by molar-refractivity contribution is 5.59. The molecule has 0 saturated carbocycles. The lowest BCUT2D eigenvalue weighted by atomic mass is 10.1. The van der Waals surface area contributed by atoms with Crippen molar-refractivity contribution in [2.45, 2.75) is 13.0 Å². The topological polar surface area (TPSA) is 39.2 Å². The maximum Gasteiger partial charge on any atom is 0.140 e. The molecule has 1 aromatic carbocycles. The number of rotatable bonds is 2. The van der Waals surface area contributed by atoms with Gasteiger partial charge in [-0.25, -0.2) is 13.2 Å². The van der Waals surface area contributed by atoms with Crippen molar-refractivity contribution in [2.75, 3.05) is 0 Å². The van der Waals surface area contributed by atoms with Crippen LogP contribution in [0.3, 0.4) is 0 Å². The zero-order valence-corrected chi connectivity index (χ0v) is 9.01. The molecule has 90 valence electrons. The highest BCUT2D eigenvalue weighted by atomic mass is 19.1. The molecule has 0 spiro atoms. The van der Waals surface area contributed by atoms with Crippen molar-refractivity contribution in [3.8, 4) is 11.3 Å². The van der Waals surface area contributed by atoms with Crippen molar-refractivity contribution in [2.24, 2.45) is 5.73 Å². The van der Waals surface area contributed by atoms with Crippen molar-refractivity contribution in [3.63, 3.8) is 0 Å². The van der Waals surface area contributed by atoms with E-state index in [1.807, 2.05) is 0 Å². The van der Waals surface area contributed by atoms with Gasteiger partial charge in [-0.15, -0.1) is 0 Å². The van der Waals surface area contributed by atoms with Gasteiger partial charge in [-0.3, -0.25) is 0 Å². The molecule has 2 rings (SSSR count). The molecule has 2 N–H and O–H groups in total. The molecule has 0 aliphatic carbocycles. The second-order valence-electron chi connectivity index (χ2n) is 3.74. The monoisotopic (exact) mass is 241 g/mol. The zero-order valence-electron chi connectivity index (χ0n) is 9.01. The summed E-state index contributed by atoms with van der Waals surface area (Å²) >= 11 is 0. The molecular formula is C12H10F3NO. The number of hydrogen-bond acceptors (Lipinski definition) is 2. The fourth-order valence-electron chi connectivity index (χ4n) is 1.51. The highest BCUT2D eigenvalue weighted by Gasteiger charge is 2.17. The molecule has 0 saturated heterocycles. The van der Waals surface area contributed by atoms with Crippen LogP contribution in [-0.2, 0) is 0 Å². The van der Waals surface area contributed by atoms with Gasteiger partial charge >= 0.3 is 0 Å². The maximum absolute atomic E-state index is 13.4. The number of benzene rings is 1. The summed E-state index contributed by atoms with van der Waals surface area (Å²) in [4.78, 5) is 0. The summed E-state index contributed by atoms with van der Waals surface area (Å²) in [7, 11) is 0. The molecule has 2 aromatic rings. The largest absolute Gasteiger partial charge is 0.459 e. The maximum atomic E-state index is 13.4. The number of furan rings is 1. The standard InChI is InChI=1S/C12H10F3NO/c1-6(16)10-2-3-11(17-10)12-8(14)4-7(13)5-9(12)15/h2-6H,16H2,1H3. The van der Waals surface area contributed by atoms with Crippen LogP contribution in [0.25, 0.3) is 11.3 Å². The third-order valence-corrected chi connectivity index (χ3v) is 2.33. The van der Waals surface area contributed by atoms with Gasteiger partial charge in [0.1, 0.15) is 29.0 Å². The van der Waals surface area contributed by atoms with Gasteiger partial charge in [0, 0.05) is 12.1 Å². The second-order valence-corrected chi connectivity index (χ2v) is 3.74. The molecule has 1 atom stereocenters. The van der Waals surface area contributed by atoms with Gasteiger partial charge in [0.25, 0.3) is 0 Å². The SMILES string of the molecule is CC(N)c1ccc(-c2c(F)cc(F)cc2F)o1. The third kappa shape index (κ3) is 2.19. The fraction of sp³-hybridized carbons (Fsp3) is 0.167. The van der Waals surface area contributed by atoms with Crippen molar-refractivity contribution in [3.05, 3.63) is 47.5 Å². The average molecular weight is 241 g/mol. The molecule has 5 heteroatoms. The van der Waals surface area contributed by atoms with Crippen LogP contribution in [0.15, 0.2) is 28.7 Å². The molecular weight excluding hydrogens is 231 g/mol. The van der Waals surface area contributed by atoms with E-state index in [2.05, 4.69) is 0 Å². The van der Waals surface area contributed by atoms with Crippen LogP contribution in [0.5, 0.6) is 0 Å². The predicted octanol–water partition coefficient (Wildman–Crippen LogP) is 3.38. The summed E-state index contributed by atoms with van der Waals surface area (Å²) in [5.41, 5.74) is 5.17. The molecule has 0 radical (unpaired) electrons. The quantitative estimate of drug-likeness (QED) is 0.875. The van der Waals surface area contributed by atoms with Crippen LogP contribution >= 0.6 is 0 Å². The summed E-state index contributed by atoms with van der Waals surface area (Å²) in [6.45, 7) is 1.68. The second kappa shape index (κ2) is 4.25. The Labute approximate surface area is 95.8 Å². The summed E-state index contributed by atoms with van der Waals surface area (Å²) in [5, 5.41) is 0. The molecule has 17 heavy (non-hydrogen) atoms. The van der Waals surface area contributed by atoms with Crippen LogP contribution in [-0.4, -0.2) is 0 Å². The van der Waals surface area contributed by atoms with Crippen molar-refractivity contribution < 1.29 is 17.6 Å². The van der Waals surface area contributed by atoms with E-state index < -0.39 is 23.0 Å². The molecule has 0 bridgehead atoms. The van der Waals surface area contributed by atoms with Gasteiger partial charge in [-0.05, 0) is 19.1 Å². The fourth-order valence-corrected chi connectivity index (χ4v) is 1.51. The Kier molecular flexibility index (Phi) is 2.93. The minimum absolute atomic E-state index is 0.00713. The molecule has 0 aliphatic rings. The van der Waals surface area contributed by atoms with E-state index in [0.717, 1.165) is 0 Å². The normalized spacial score (nSPS) is 12.8. The van der Waals surface area contributed by atoms with E-state index in [1.54, 1.807) is 6.92 Å². The Bertz CT molecular complexity index is 525. The molecule has 0 aliphatic heterocycles. The van der Waals surface area contributed by atoms with E-state index in [-0.39, 0.29) is 11.8 Å². The summed E-state index contributed by atoms with van der Waals surface area (Å²) in [6.07, 6.45) is 0.